The minimum atomic E-state index is -0.786. The number of benzene rings is 1. The molecule has 1 rings (SSSR count). The number of carbonyl (C=O) groups is 1. The number of carboxylic acid groups (broad SMARTS) is 1. The van der Waals surface area contributed by atoms with Crippen LogP contribution >= 0.6 is 15.9 Å². The maximum Gasteiger partial charge on any atom is 0.306 e. The number of methoxy groups -OCH3 is 1. The maximum atomic E-state index is 10.8. The molecule has 1 aromatic carbocycles. The first-order chi connectivity index (χ1) is 7.47. The first kappa shape index (κ1) is 13.0. The Morgan fingerprint density at radius 3 is 2.69 bits per heavy atom. The SMILES string of the molecule is COc1c(C)ccc(CC(C)C(=O)O)c1Br. The van der Waals surface area contributed by atoms with Crippen molar-refractivity contribution >= 4 is 21.9 Å². The molecule has 0 fully saturated rings. The highest BCUT2D eigenvalue weighted by molar-refractivity contribution is 9.10. The zero-order valence-corrected chi connectivity index (χ0v) is 11.2. The van der Waals surface area contributed by atoms with E-state index < -0.39 is 11.9 Å². The summed E-state index contributed by atoms with van der Waals surface area (Å²) in [5.41, 5.74) is 1.98. The molecule has 0 aliphatic heterocycles. The summed E-state index contributed by atoms with van der Waals surface area (Å²) in [6, 6.07) is 3.87. The fourth-order valence-electron chi connectivity index (χ4n) is 1.52. The highest BCUT2D eigenvalue weighted by atomic mass is 79.9. The van der Waals surface area contributed by atoms with Crippen molar-refractivity contribution in [2.75, 3.05) is 7.11 Å². The van der Waals surface area contributed by atoms with E-state index in [9.17, 15) is 4.79 Å². The van der Waals surface area contributed by atoms with Crippen LogP contribution in [0.25, 0.3) is 0 Å². The van der Waals surface area contributed by atoms with Gasteiger partial charge in [0.2, 0.25) is 0 Å². The standard InChI is InChI=1S/C12H15BrO3/c1-7-4-5-9(6-8(2)12(14)15)10(13)11(7)16-3/h4-5,8H,6H2,1-3H3,(H,14,15). The van der Waals surface area contributed by atoms with Gasteiger partial charge in [-0.15, -0.1) is 0 Å². The fraction of sp³-hybridized carbons (Fsp3) is 0.417. The number of aryl methyl sites for hydroxylation is 1. The van der Waals surface area contributed by atoms with Gasteiger partial charge < -0.3 is 9.84 Å². The monoisotopic (exact) mass is 286 g/mol. The second-order valence-corrected chi connectivity index (χ2v) is 4.63. The molecule has 88 valence electrons. The van der Waals surface area contributed by atoms with Gasteiger partial charge in [0.05, 0.1) is 17.5 Å². The third-order valence-electron chi connectivity index (χ3n) is 2.53. The van der Waals surface area contributed by atoms with Crippen LogP contribution in [-0.4, -0.2) is 18.2 Å². The smallest absolute Gasteiger partial charge is 0.306 e. The molecule has 1 N–H and O–H groups in total. The minimum absolute atomic E-state index is 0.399. The molecule has 16 heavy (non-hydrogen) atoms. The van der Waals surface area contributed by atoms with Crippen molar-refractivity contribution in [3.63, 3.8) is 0 Å². The van der Waals surface area contributed by atoms with Crippen LogP contribution in [-0.2, 0) is 11.2 Å². The Hall–Kier alpha value is -1.03. The Morgan fingerprint density at radius 1 is 1.56 bits per heavy atom. The summed E-state index contributed by atoms with van der Waals surface area (Å²) < 4.78 is 6.11. The lowest BCUT2D eigenvalue weighted by atomic mass is 10.00. The van der Waals surface area contributed by atoms with E-state index in [1.54, 1.807) is 14.0 Å². The van der Waals surface area contributed by atoms with Crippen LogP contribution in [0, 0.1) is 12.8 Å². The topological polar surface area (TPSA) is 46.5 Å². The summed E-state index contributed by atoms with van der Waals surface area (Å²) in [5.74, 6) is -0.412. The summed E-state index contributed by atoms with van der Waals surface area (Å²) in [4.78, 5) is 10.8. The van der Waals surface area contributed by atoms with Crippen LogP contribution in [0.5, 0.6) is 5.75 Å². The highest BCUT2D eigenvalue weighted by Crippen LogP contribution is 2.33. The number of hydrogen-bond donors (Lipinski definition) is 1. The van der Waals surface area contributed by atoms with Crippen molar-refractivity contribution in [1.82, 2.24) is 0 Å². The van der Waals surface area contributed by atoms with E-state index in [-0.39, 0.29) is 0 Å². The second kappa shape index (κ2) is 5.34. The molecule has 0 saturated carbocycles. The van der Waals surface area contributed by atoms with Gasteiger partial charge in [0.25, 0.3) is 0 Å². The summed E-state index contributed by atoms with van der Waals surface area (Å²) in [7, 11) is 1.61. The molecule has 0 spiro atoms. The molecular formula is C12H15BrO3. The van der Waals surface area contributed by atoms with Crippen LogP contribution in [0.2, 0.25) is 0 Å². The van der Waals surface area contributed by atoms with Crippen LogP contribution in [0.3, 0.4) is 0 Å². The second-order valence-electron chi connectivity index (χ2n) is 3.83. The van der Waals surface area contributed by atoms with Gasteiger partial charge in [-0.3, -0.25) is 4.79 Å². The van der Waals surface area contributed by atoms with E-state index in [1.807, 2.05) is 19.1 Å². The van der Waals surface area contributed by atoms with Crippen LogP contribution in [0.15, 0.2) is 16.6 Å². The van der Waals surface area contributed by atoms with E-state index in [0.717, 1.165) is 21.3 Å². The molecule has 4 heteroatoms. The van der Waals surface area contributed by atoms with Gasteiger partial charge in [-0.05, 0) is 40.4 Å². The quantitative estimate of drug-likeness (QED) is 0.926. The Labute approximate surface area is 104 Å². The van der Waals surface area contributed by atoms with Gasteiger partial charge in [0, 0.05) is 0 Å². The predicted molar refractivity (Wildman–Crippen MR) is 65.9 cm³/mol. The van der Waals surface area contributed by atoms with E-state index in [1.165, 1.54) is 0 Å². The molecule has 0 bridgehead atoms. The van der Waals surface area contributed by atoms with Crippen molar-refractivity contribution in [3.8, 4) is 5.75 Å². The van der Waals surface area contributed by atoms with Crippen molar-refractivity contribution < 1.29 is 14.6 Å². The summed E-state index contributed by atoms with van der Waals surface area (Å²) >= 11 is 3.45. The third-order valence-corrected chi connectivity index (χ3v) is 3.40. The molecule has 0 saturated heterocycles. The first-order valence-corrected chi connectivity index (χ1v) is 5.81. The number of halogens is 1. The molecule has 0 heterocycles. The lowest BCUT2D eigenvalue weighted by Crippen LogP contribution is -2.12. The zero-order chi connectivity index (χ0) is 12.3. The zero-order valence-electron chi connectivity index (χ0n) is 9.58. The molecule has 1 atom stereocenters. The molecule has 0 amide bonds. The molecule has 0 aliphatic carbocycles. The Kier molecular flexibility index (Phi) is 4.35. The normalized spacial score (nSPS) is 12.2. The summed E-state index contributed by atoms with van der Waals surface area (Å²) in [6.07, 6.45) is 0.493. The number of ether oxygens (including phenoxy) is 1. The average molecular weight is 287 g/mol. The van der Waals surface area contributed by atoms with Crippen molar-refractivity contribution in [2.45, 2.75) is 20.3 Å². The van der Waals surface area contributed by atoms with Gasteiger partial charge >= 0.3 is 5.97 Å². The molecule has 3 nitrogen and oxygen atoms in total. The van der Waals surface area contributed by atoms with Gasteiger partial charge in [-0.2, -0.15) is 0 Å². The minimum Gasteiger partial charge on any atom is -0.495 e. The van der Waals surface area contributed by atoms with Gasteiger partial charge in [0.15, 0.2) is 0 Å². The van der Waals surface area contributed by atoms with E-state index in [2.05, 4.69) is 15.9 Å². The average Bonchev–Trinajstić information content (AvgIpc) is 2.22. The number of rotatable bonds is 4. The molecule has 0 aliphatic rings. The molecule has 1 aromatic rings. The van der Waals surface area contributed by atoms with Gasteiger partial charge in [-0.25, -0.2) is 0 Å². The number of hydrogen-bond acceptors (Lipinski definition) is 2. The van der Waals surface area contributed by atoms with Crippen molar-refractivity contribution in [1.29, 1.82) is 0 Å². The van der Waals surface area contributed by atoms with E-state index in [0.29, 0.717) is 6.42 Å². The van der Waals surface area contributed by atoms with Gasteiger partial charge in [0.1, 0.15) is 5.75 Å². The van der Waals surface area contributed by atoms with Crippen LogP contribution < -0.4 is 4.74 Å². The fourth-order valence-corrected chi connectivity index (χ4v) is 2.29. The predicted octanol–water partition coefficient (Wildman–Crippen LogP) is 3.03. The first-order valence-electron chi connectivity index (χ1n) is 5.02. The Morgan fingerprint density at radius 2 is 2.19 bits per heavy atom. The molecule has 1 unspecified atom stereocenters. The molecule has 0 radical (unpaired) electrons. The van der Waals surface area contributed by atoms with E-state index in [4.69, 9.17) is 9.84 Å². The lowest BCUT2D eigenvalue weighted by Gasteiger charge is -2.13. The van der Waals surface area contributed by atoms with E-state index >= 15 is 0 Å². The largest absolute Gasteiger partial charge is 0.495 e. The Bertz CT molecular complexity index is 401. The third kappa shape index (κ3) is 2.76. The molecular weight excluding hydrogens is 272 g/mol. The Balaban J connectivity index is 3.02. The molecule has 0 aromatic heterocycles. The van der Waals surface area contributed by atoms with Crippen LogP contribution in [0.1, 0.15) is 18.1 Å². The number of carboxylic acids is 1. The summed E-state index contributed by atoms with van der Waals surface area (Å²) in [5, 5.41) is 8.87. The summed E-state index contributed by atoms with van der Waals surface area (Å²) in [6.45, 7) is 3.65. The number of aliphatic carboxylic acids is 1. The van der Waals surface area contributed by atoms with Crippen molar-refractivity contribution in [2.24, 2.45) is 5.92 Å². The highest BCUT2D eigenvalue weighted by Gasteiger charge is 2.16. The van der Waals surface area contributed by atoms with Gasteiger partial charge in [-0.1, -0.05) is 19.1 Å². The lowest BCUT2D eigenvalue weighted by molar-refractivity contribution is -0.141. The van der Waals surface area contributed by atoms with Crippen LogP contribution in [0.4, 0.5) is 0 Å². The maximum absolute atomic E-state index is 10.8. The van der Waals surface area contributed by atoms with Crippen molar-refractivity contribution in [3.05, 3.63) is 27.7 Å².